The van der Waals surface area contributed by atoms with Gasteiger partial charge in [-0.15, -0.1) is 0 Å². The van der Waals surface area contributed by atoms with Crippen molar-refractivity contribution in [2.24, 2.45) is 0 Å². The first kappa shape index (κ1) is 33.2. The Morgan fingerprint density at radius 3 is 2.31 bits per heavy atom. The maximum Gasteiger partial charge on any atom is 0.246 e. The van der Waals surface area contributed by atoms with E-state index in [4.69, 9.17) is 0 Å². The highest BCUT2D eigenvalue weighted by Gasteiger charge is 2.45. The highest BCUT2D eigenvalue weighted by molar-refractivity contribution is 5.99. The number of rotatable bonds is 13. The first-order chi connectivity index (χ1) is 20.1. The number of fused-ring (bicyclic) bond motifs is 1. The molecule has 10 heteroatoms. The Hall–Kier alpha value is -3.27. The van der Waals surface area contributed by atoms with Crippen LogP contribution < -0.4 is 16.0 Å². The summed E-state index contributed by atoms with van der Waals surface area (Å²) in [6.07, 6.45) is 4.81. The average molecular weight is 585 g/mol. The second-order valence-corrected chi connectivity index (χ2v) is 11.8. The lowest BCUT2D eigenvalue weighted by Crippen LogP contribution is -2.66. The van der Waals surface area contributed by atoms with Crippen LogP contribution in [0.25, 0.3) is 0 Å². The number of hydrogen-bond acceptors (Lipinski definition) is 6. The van der Waals surface area contributed by atoms with Gasteiger partial charge in [-0.05, 0) is 51.0 Å². The van der Waals surface area contributed by atoms with Gasteiger partial charge in [-0.2, -0.15) is 0 Å². The largest absolute Gasteiger partial charge is 0.386 e. The molecule has 4 atom stereocenters. The number of aliphatic hydroxyl groups excluding tert-OH is 1. The van der Waals surface area contributed by atoms with E-state index < -0.39 is 35.7 Å². The molecule has 0 radical (unpaired) electrons. The van der Waals surface area contributed by atoms with E-state index in [0.717, 1.165) is 5.56 Å². The number of nitrogens with zero attached hydrogens (tertiary/aromatic N) is 1. The fraction of sp³-hybridized carbons (Fsp3) is 0.656. The first-order valence-electron chi connectivity index (χ1n) is 15.6. The van der Waals surface area contributed by atoms with Gasteiger partial charge in [0, 0.05) is 19.4 Å². The molecule has 4 amide bonds. The number of aliphatic hydroxyl groups is 1. The summed E-state index contributed by atoms with van der Waals surface area (Å²) in [5.41, 5.74) is -0.342. The molecule has 0 aliphatic carbocycles. The number of benzene rings is 1. The molecule has 0 bridgehead atoms. The SMILES string of the molecule is CCCC1(CCC)NC(=O)[C@H](CCCCCC(=O)[C@@H](C)O)NC(=O)[C@H]2CCCN2C(=O)[C@H](Cc2ccccc2)NC1=O. The number of nitrogens with one attached hydrogen (secondary N) is 3. The number of hydrogen-bond donors (Lipinski definition) is 4. The van der Waals surface area contributed by atoms with Crippen molar-refractivity contribution in [3.63, 3.8) is 0 Å². The van der Waals surface area contributed by atoms with E-state index >= 15 is 0 Å². The van der Waals surface area contributed by atoms with Gasteiger partial charge >= 0.3 is 0 Å². The van der Waals surface area contributed by atoms with Crippen molar-refractivity contribution in [1.82, 2.24) is 20.9 Å². The van der Waals surface area contributed by atoms with Gasteiger partial charge in [0.2, 0.25) is 23.6 Å². The number of ketones is 1. The molecule has 0 spiro atoms. The summed E-state index contributed by atoms with van der Waals surface area (Å²) in [6.45, 7) is 5.74. The molecule has 4 N–H and O–H groups in total. The second-order valence-electron chi connectivity index (χ2n) is 11.8. The number of carbonyl (C=O) groups excluding carboxylic acids is 5. The van der Waals surface area contributed by atoms with Crippen molar-refractivity contribution in [2.45, 2.75) is 128 Å². The maximum absolute atomic E-state index is 14.1. The van der Waals surface area contributed by atoms with Gasteiger partial charge in [0.1, 0.15) is 29.8 Å². The topological polar surface area (TPSA) is 145 Å². The van der Waals surface area contributed by atoms with Crippen LogP contribution in [0.5, 0.6) is 0 Å². The second kappa shape index (κ2) is 15.8. The molecule has 232 valence electrons. The maximum atomic E-state index is 14.1. The Kier molecular flexibility index (Phi) is 12.5. The van der Waals surface area contributed by atoms with E-state index in [9.17, 15) is 29.1 Å². The average Bonchev–Trinajstić information content (AvgIpc) is 3.46. The van der Waals surface area contributed by atoms with Crippen LogP contribution >= 0.6 is 0 Å². The smallest absolute Gasteiger partial charge is 0.246 e. The molecule has 2 heterocycles. The van der Waals surface area contributed by atoms with Crippen molar-refractivity contribution in [3.05, 3.63) is 35.9 Å². The van der Waals surface area contributed by atoms with E-state index in [1.165, 1.54) is 6.92 Å². The lowest BCUT2D eigenvalue weighted by Gasteiger charge is -2.38. The molecule has 1 aromatic rings. The van der Waals surface area contributed by atoms with Crippen molar-refractivity contribution >= 4 is 29.4 Å². The number of amides is 4. The summed E-state index contributed by atoms with van der Waals surface area (Å²) in [7, 11) is 0. The molecule has 1 aromatic carbocycles. The van der Waals surface area contributed by atoms with Gasteiger partial charge < -0.3 is 26.0 Å². The third kappa shape index (κ3) is 8.63. The Morgan fingerprint density at radius 2 is 1.67 bits per heavy atom. The lowest BCUT2D eigenvalue weighted by molar-refractivity contribution is -0.145. The minimum absolute atomic E-state index is 0.224. The number of unbranched alkanes of at least 4 members (excludes halogenated alkanes) is 2. The predicted octanol–water partition coefficient (Wildman–Crippen LogP) is 2.56. The third-order valence-electron chi connectivity index (χ3n) is 8.39. The molecule has 2 fully saturated rings. The molecular weight excluding hydrogens is 536 g/mol. The van der Waals surface area contributed by atoms with E-state index in [0.29, 0.717) is 70.8 Å². The standard InChI is InChI=1S/C32H48N4O6/c1-4-18-32(19-5-2)31(42)34-25(21-23-13-8-6-9-14-23)30(41)36-20-12-16-26(36)29(40)33-24(28(39)35-32)15-10-7-11-17-27(38)22(3)37/h6,8-9,13-14,22,24-26,37H,4-5,7,10-12,15-21H2,1-3H3,(H,33,40)(H,34,42)(H,35,39)/t22-,24+,25+,26-/m1/s1. The fourth-order valence-electron chi connectivity index (χ4n) is 6.13. The minimum Gasteiger partial charge on any atom is -0.386 e. The number of Topliss-reactive ketones (excluding diaryl/α,β-unsaturated/α-hetero) is 1. The Morgan fingerprint density at radius 1 is 0.976 bits per heavy atom. The van der Waals surface area contributed by atoms with Crippen LogP contribution in [0.1, 0.15) is 97.0 Å². The zero-order valence-corrected chi connectivity index (χ0v) is 25.3. The monoisotopic (exact) mass is 584 g/mol. The molecule has 0 aromatic heterocycles. The Bertz CT molecular complexity index is 1090. The lowest BCUT2D eigenvalue weighted by atomic mass is 9.86. The normalized spacial score (nSPS) is 23.6. The Balaban J connectivity index is 1.90. The van der Waals surface area contributed by atoms with Crippen LogP contribution in [0.15, 0.2) is 30.3 Å². The van der Waals surface area contributed by atoms with Crippen LogP contribution in [0, 0.1) is 0 Å². The summed E-state index contributed by atoms with van der Waals surface area (Å²) >= 11 is 0. The van der Waals surface area contributed by atoms with Crippen LogP contribution in [0.2, 0.25) is 0 Å². The summed E-state index contributed by atoms with van der Waals surface area (Å²) in [4.78, 5) is 68.7. The fourth-order valence-corrected chi connectivity index (χ4v) is 6.13. The van der Waals surface area contributed by atoms with Crippen LogP contribution in [-0.4, -0.2) is 75.7 Å². The van der Waals surface area contributed by atoms with E-state index in [1.807, 2.05) is 44.2 Å². The van der Waals surface area contributed by atoms with Crippen LogP contribution in [-0.2, 0) is 30.4 Å². The van der Waals surface area contributed by atoms with E-state index in [2.05, 4.69) is 16.0 Å². The molecule has 42 heavy (non-hydrogen) atoms. The van der Waals surface area contributed by atoms with Gasteiger partial charge in [-0.3, -0.25) is 24.0 Å². The van der Waals surface area contributed by atoms with Gasteiger partial charge in [0.15, 0.2) is 5.78 Å². The molecule has 10 nitrogen and oxygen atoms in total. The van der Waals surface area contributed by atoms with Gasteiger partial charge in [0.05, 0.1) is 0 Å². The van der Waals surface area contributed by atoms with Gasteiger partial charge in [0.25, 0.3) is 0 Å². The molecule has 2 aliphatic heterocycles. The number of carbonyl (C=O) groups is 5. The molecule has 3 rings (SSSR count). The Labute approximate surface area is 249 Å². The highest BCUT2D eigenvalue weighted by atomic mass is 16.3. The van der Waals surface area contributed by atoms with Gasteiger partial charge in [-0.1, -0.05) is 69.9 Å². The summed E-state index contributed by atoms with van der Waals surface area (Å²) < 4.78 is 0. The van der Waals surface area contributed by atoms with Gasteiger partial charge in [-0.25, -0.2) is 0 Å². The van der Waals surface area contributed by atoms with Crippen molar-refractivity contribution in [3.8, 4) is 0 Å². The summed E-state index contributed by atoms with van der Waals surface area (Å²) in [6, 6.07) is 6.98. The molecular formula is C32H48N4O6. The first-order valence-corrected chi connectivity index (χ1v) is 15.6. The minimum atomic E-state index is -1.23. The summed E-state index contributed by atoms with van der Waals surface area (Å²) in [5.74, 6) is -1.69. The predicted molar refractivity (Wildman–Crippen MR) is 159 cm³/mol. The van der Waals surface area contributed by atoms with Crippen molar-refractivity contribution in [2.75, 3.05) is 6.54 Å². The van der Waals surface area contributed by atoms with E-state index in [-0.39, 0.29) is 36.3 Å². The molecule has 2 saturated heterocycles. The zero-order chi connectivity index (χ0) is 30.7. The zero-order valence-electron chi connectivity index (χ0n) is 25.3. The van der Waals surface area contributed by atoms with Crippen LogP contribution in [0.4, 0.5) is 0 Å². The molecule has 0 saturated carbocycles. The van der Waals surface area contributed by atoms with E-state index in [1.54, 1.807) is 4.90 Å². The van der Waals surface area contributed by atoms with Crippen molar-refractivity contribution < 1.29 is 29.1 Å². The molecule has 0 unspecified atom stereocenters. The van der Waals surface area contributed by atoms with Crippen LogP contribution in [0.3, 0.4) is 0 Å². The highest BCUT2D eigenvalue weighted by Crippen LogP contribution is 2.25. The molecule has 2 aliphatic rings. The van der Waals surface area contributed by atoms with Crippen molar-refractivity contribution in [1.29, 1.82) is 0 Å². The third-order valence-corrected chi connectivity index (χ3v) is 8.39. The summed E-state index contributed by atoms with van der Waals surface area (Å²) in [5, 5.41) is 18.4. The quantitative estimate of drug-likeness (QED) is 0.262.